The normalized spacial score (nSPS) is 10.5. The minimum absolute atomic E-state index is 0.0449. The van der Waals surface area contributed by atoms with E-state index in [1.165, 1.54) is 0 Å². The molecule has 2 aromatic carbocycles. The molecule has 0 saturated heterocycles. The Morgan fingerprint density at radius 1 is 0.882 bits per heavy atom. The SMILES string of the molecule is OCc1ccc(-c2cc(Br)c(O)c(Br)c2)cc1. The van der Waals surface area contributed by atoms with Crippen molar-refractivity contribution in [3.05, 3.63) is 50.9 Å². The van der Waals surface area contributed by atoms with E-state index in [0.717, 1.165) is 16.7 Å². The number of hydrogen-bond acceptors (Lipinski definition) is 2. The molecule has 0 heterocycles. The lowest BCUT2D eigenvalue weighted by Gasteiger charge is -2.07. The lowest BCUT2D eigenvalue weighted by Crippen LogP contribution is -1.84. The van der Waals surface area contributed by atoms with E-state index < -0.39 is 0 Å². The smallest absolute Gasteiger partial charge is 0.143 e. The van der Waals surface area contributed by atoms with Gasteiger partial charge in [-0.15, -0.1) is 0 Å². The fraction of sp³-hybridized carbons (Fsp3) is 0.0769. The lowest BCUT2D eigenvalue weighted by molar-refractivity contribution is 0.282. The number of phenols is 1. The lowest BCUT2D eigenvalue weighted by atomic mass is 10.0. The second-order valence-corrected chi connectivity index (χ2v) is 5.35. The first-order valence-electron chi connectivity index (χ1n) is 5.00. The fourth-order valence-corrected chi connectivity index (χ4v) is 2.72. The molecule has 0 aromatic heterocycles. The second-order valence-electron chi connectivity index (χ2n) is 3.64. The van der Waals surface area contributed by atoms with E-state index in [0.29, 0.717) is 8.95 Å². The molecule has 0 aliphatic heterocycles. The monoisotopic (exact) mass is 356 g/mol. The molecule has 2 rings (SSSR count). The zero-order valence-electron chi connectivity index (χ0n) is 8.82. The van der Waals surface area contributed by atoms with Gasteiger partial charge in [-0.1, -0.05) is 24.3 Å². The topological polar surface area (TPSA) is 40.5 Å². The van der Waals surface area contributed by atoms with Gasteiger partial charge in [-0.2, -0.15) is 0 Å². The van der Waals surface area contributed by atoms with Gasteiger partial charge < -0.3 is 10.2 Å². The van der Waals surface area contributed by atoms with E-state index in [2.05, 4.69) is 31.9 Å². The molecule has 0 amide bonds. The summed E-state index contributed by atoms with van der Waals surface area (Å²) < 4.78 is 1.29. The third-order valence-corrected chi connectivity index (χ3v) is 3.70. The highest BCUT2D eigenvalue weighted by molar-refractivity contribution is 9.11. The fourth-order valence-electron chi connectivity index (χ4n) is 1.53. The molecule has 2 nitrogen and oxygen atoms in total. The predicted octanol–water partition coefficient (Wildman–Crippen LogP) is 4.08. The average Bonchev–Trinajstić information content (AvgIpc) is 2.35. The Kier molecular flexibility index (Phi) is 3.86. The second kappa shape index (κ2) is 5.21. The summed E-state index contributed by atoms with van der Waals surface area (Å²) in [6, 6.07) is 11.4. The van der Waals surface area contributed by atoms with Crippen LogP contribution in [0.1, 0.15) is 5.56 Å². The van der Waals surface area contributed by atoms with Gasteiger partial charge in [-0.05, 0) is 60.7 Å². The van der Waals surface area contributed by atoms with E-state index in [1.54, 1.807) is 0 Å². The van der Waals surface area contributed by atoms with Crippen LogP contribution in [0.25, 0.3) is 11.1 Å². The molecule has 0 aliphatic rings. The maximum atomic E-state index is 9.63. The van der Waals surface area contributed by atoms with E-state index in [-0.39, 0.29) is 12.4 Å². The number of halogens is 2. The first kappa shape index (κ1) is 12.6. The van der Waals surface area contributed by atoms with Gasteiger partial charge in [-0.3, -0.25) is 0 Å². The number of rotatable bonds is 2. The van der Waals surface area contributed by atoms with E-state index in [1.807, 2.05) is 36.4 Å². The van der Waals surface area contributed by atoms with Crippen LogP contribution in [0.4, 0.5) is 0 Å². The number of aliphatic hydroxyl groups is 1. The van der Waals surface area contributed by atoms with Crippen LogP contribution in [-0.2, 0) is 6.61 Å². The van der Waals surface area contributed by atoms with Crippen LogP contribution in [0.5, 0.6) is 5.75 Å². The Balaban J connectivity index is 2.45. The summed E-state index contributed by atoms with van der Waals surface area (Å²) in [4.78, 5) is 0. The summed E-state index contributed by atoms with van der Waals surface area (Å²) in [6.45, 7) is 0.0449. The standard InChI is InChI=1S/C13H10Br2O2/c14-11-5-10(6-12(15)13(11)17)9-3-1-8(7-16)2-4-9/h1-6,16-17H,7H2. The number of aromatic hydroxyl groups is 1. The molecule has 0 radical (unpaired) electrons. The van der Waals surface area contributed by atoms with Crippen molar-refractivity contribution in [2.75, 3.05) is 0 Å². The van der Waals surface area contributed by atoms with Crippen LogP contribution in [-0.4, -0.2) is 10.2 Å². The zero-order valence-corrected chi connectivity index (χ0v) is 12.0. The van der Waals surface area contributed by atoms with Gasteiger partial charge in [0.25, 0.3) is 0 Å². The minimum Gasteiger partial charge on any atom is -0.506 e. The molecular formula is C13H10Br2O2. The Bertz CT molecular complexity index is 513. The van der Waals surface area contributed by atoms with Crippen LogP contribution in [0, 0.1) is 0 Å². The third kappa shape index (κ3) is 2.70. The summed E-state index contributed by atoms with van der Waals surface area (Å²) in [5.41, 5.74) is 2.90. The Labute approximate surface area is 116 Å². The van der Waals surface area contributed by atoms with Crippen LogP contribution < -0.4 is 0 Å². The zero-order chi connectivity index (χ0) is 12.4. The highest BCUT2D eigenvalue weighted by atomic mass is 79.9. The first-order valence-corrected chi connectivity index (χ1v) is 6.58. The maximum Gasteiger partial charge on any atom is 0.143 e. The van der Waals surface area contributed by atoms with Crippen molar-refractivity contribution in [2.24, 2.45) is 0 Å². The molecule has 0 fully saturated rings. The number of phenolic OH excluding ortho intramolecular Hbond substituents is 1. The summed E-state index contributed by atoms with van der Waals surface area (Å²) >= 11 is 6.60. The van der Waals surface area contributed by atoms with Crippen molar-refractivity contribution in [1.29, 1.82) is 0 Å². The van der Waals surface area contributed by atoms with E-state index in [4.69, 9.17) is 5.11 Å². The van der Waals surface area contributed by atoms with Crippen molar-refractivity contribution in [3.8, 4) is 16.9 Å². The summed E-state index contributed by atoms with van der Waals surface area (Å²) in [5.74, 6) is 0.195. The Morgan fingerprint density at radius 2 is 1.41 bits per heavy atom. The predicted molar refractivity (Wildman–Crippen MR) is 74.9 cm³/mol. The molecule has 2 aromatic rings. The van der Waals surface area contributed by atoms with Crippen molar-refractivity contribution in [3.63, 3.8) is 0 Å². The molecule has 0 atom stereocenters. The largest absolute Gasteiger partial charge is 0.506 e. The summed E-state index contributed by atoms with van der Waals surface area (Å²) in [7, 11) is 0. The van der Waals surface area contributed by atoms with Crippen LogP contribution in [0.2, 0.25) is 0 Å². The van der Waals surface area contributed by atoms with E-state index >= 15 is 0 Å². The number of benzene rings is 2. The highest BCUT2D eigenvalue weighted by Crippen LogP contribution is 2.36. The number of hydrogen-bond donors (Lipinski definition) is 2. The number of aliphatic hydroxyl groups excluding tert-OH is 1. The van der Waals surface area contributed by atoms with Crippen LogP contribution in [0.3, 0.4) is 0 Å². The van der Waals surface area contributed by atoms with Gasteiger partial charge in [0.2, 0.25) is 0 Å². The molecule has 17 heavy (non-hydrogen) atoms. The van der Waals surface area contributed by atoms with Crippen LogP contribution >= 0.6 is 31.9 Å². The first-order chi connectivity index (χ1) is 8.11. The molecular weight excluding hydrogens is 348 g/mol. The van der Waals surface area contributed by atoms with Gasteiger partial charge in [-0.25, -0.2) is 0 Å². The quantitative estimate of drug-likeness (QED) is 0.850. The van der Waals surface area contributed by atoms with Crippen LogP contribution in [0.15, 0.2) is 45.3 Å². The molecule has 2 N–H and O–H groups in total. The highest BCUT2D eigenvalue weighted by Gasteiger charge is 2.07. The molecule has 4 heteroatoms. The van der Waals surface area contributed by atoms with Gasteiger partial charge in [0.1, 0.15) is 5.75 Å². The molecule has 0 spiro atoms. The summed E-state index contributed by atoms with van der Waals surface area (Å²) in [5, 5.41) is 18.6. The van der Waals surface area contributed by atoms with Crippen molar-refractivity contribution in [1.82, 2.24) is 0 Å². The molecule has 0 bridgehead atoms. The van der Waals surface area contributed by atoms with Gasteiger partial charge in [0.05, 0.1) is 15.6 Å². The minimum atomic E-state index is 0.0449. The third-order valence-electron chi connectivity index (χ3n) is 2.49. The summed E-state index contributed by atoms with van der Waals surface area (Å²) in [6.07, 6.45) is 0. The maximum absolute atomic E-state index is 9.63. The molecule has 88 valence electrons. The van der Waals surface area contributed by atoms with Crippen molar-refractivity contribution < 1.29 is 10.2 Å². The van der Waals surface area contributed by atoms with Gasteiger partial charge in [0, 0.05) is 0 Å². The molecule has 0 aliphatic carbocycles. The Morgan fingerprint density at radius 3 is 1.88 bits per heavy atom. The Hall–Kier alpha value is -0.840. The molecule has 0 unspecified atom stereocenters. The average molecular weight is 358 g/mol. The van der Waals surface area contributed by atoms with E-state index in [9.17, 15) is 5.11 Å². The van der Waals surface area contributed by atoms with Crippen molar-refractivity contribution in [2.45, 2.75) is 6.61 Å². The van der Waals surface area contributed by atoms with Crippen molar-refractivity contribution >= 4 is 31.9 Å². The molecule has 0 saturated carbocycles. The van der Waals surface area contributed by atoms with Gasteiger partial charge in [0.15, 0.2) is 0 Å². The van der Waals surface area contributed by atoms with Gasteiger partial charge >= 0.3 is 0 Å².